The third kappa shape index (κ3) is 4.07. The number of aryl methyl sites for hydroxylation is 1. The lowest BCUT2D eigenvalue weighted by Crippen LogP contribution is -2.42. The van der Waals surface area contributed by atoms with E-state index in [1.54, 1.807) is 11.7 Å². The number of nitrogens with one attached hydrogen (secondary N) is 1. The number of carbonyl (C=O) groups excluding carboxylic acids is 1. The van der Waals surface area contributed by atoms with E-state index in [0.29, 0.717) is 30.3 Å². The Morgan fingerprint density at radius 3 is 2.24 bits per heavy atom. The molecule has 1 saturated heterocycles. The number of aromatic nitrogens is 2. The van der Waals surface area contributed by atoms with Gasteiger partial charge in [-0.3, -0.25) is 14.2 Å². The van der Waals surface area contributed by atoms with Crippen LogP contribution >= 0.6 is 0 Å². The van der Waals surface area contributed by atoms with E-state index in [9.17, 15) is 9.59 Å². The molecule has 34 heavy (non-hydrogen) atoms. The van der Waals surface area contributed by atoms with Crippen molar-refractivity contribution >= 4 is 5.78 Å². The summed E-state index contributed by atoms with van der Waals surface area (Å²) in [7, 11) is 1.66. The second-order valence-corrected chi connectivity index (χ2v) is 9.69. The van der Waals surface area contributed by atoms with E-state index >= 15 is 0 Å². The van der Waals surface area contributed by atoms with E-state index in [4.69, 9.17) is 9.72 Å². The molecular weight excluding hydrogens is 426 g/mol. The van der Waals surface area contributed by atoms with E-state index in [0.717, 1.165) is 53.9 Å². The first kappa shape index (κ1) is 22.5. The van der Waals surface area contributed by atoms with E-state index in [-0.39, 0.29) is 11.5 Å². The summed E-state index contributed by atoms with van der Waals surface area (Å²) in [6.45, 7) is 5.49. The van der Waals surface area contributed by atoms with Crippen LogP contribution in [0.5, 0.6) is 5.75 Å². The van der Waals surface area contributed by atoms with E-state index in [1.807, 2.05) is 62.4 Å². The summed E-state index contributed by atoms with van der Waals surface area (Å²) in [4.78, 5) is 31.6. The lowest BCUT2D eigenvalue weighted by molar-refractivity contribution is -0.129. The van der Waals surface area contributed by atoms with Crippen molar-refractivity contribution in [2.75, 3.05) is 20.2 Å². The van der Waals surface area contributed by atoms with Crippen LogP contribution in [0, 0.1) is 25.2 Å². The average Bonchev–Trinajstić information content (AvgIpc) is 3.61. The van der Waals surface area contributed by atoms with Gasteiger partial charge in [-0.1, -0.05) is 36.4 Å². The maximum atomic E-state index is 13.4. The predicted molar refractivity (Wildman–Crippen MR) is 133 cm³/mol. The molecule has 0 spiro atoms. The zero-order chi connectivity index (χ0) is 23.9. The maximum absolute atomic E-state index is 13.4. The molecular formula is C28H31N3O3. The number of rotatable bonds is 7. The van der Waals surface area contributed by atoms with Gasteiger partial charge in [0.25, 0.3) is 5.56 Å². The highest BCUT2D eigenvalue weighted by Gasteiger charge is 2.48. The van der Waals surface area contributed by atoms with Crippen LogP contribution in [0.3, 0.4) is 0 Å². The summed E-state index contributed by atoms with van der Waals surface area (Å²) in [6, 6.07) is 16.0. The van der Waals surface area contributed by atoms with Crippen LogP contribution in [0.15, 0.2) is 53.3 Å². The SMILES string of the molecule is COc1ccc(-c2ccc(-c3nc(C)c(C)c(=O)n3C[C@@]3(C(=O)C4CC4)CCNC3)cc2)cc1. The van der Waals surface area contributed by atoms with Gasteiger partial charge in [0.1, 0.15) is 17.4 Å². The van der Waals surface area contributed by atoms with Gasteiger partial charge < -0.3 is 10.1 Å². The van der Waals surface area contributed by atoms with Gasteiger partial charge >= 0.3 is 0 Å². The second-order valence-electron chi connectivity index (χ2n) is 9.69. The number of hydrogen-bond donors (Lipinski definition) is 1. The highest BCUT2D eigenvalue weighted by Crippen LogP contribution is 2.41. The summed E-state index contributed by atoms with van der Waals surface area (Å²) in [5.74, 6) is 1.91. The Hall–Kier alpha value is -3.25. The standard InChI is InChI=1S/C28H31N3O3/c1-18-19(2)30-26(23-8-4-20(5-9-23)21-10-12-24(34-3)13-11-21)31(27(18)33)17-28(14-15-29-16-28)25(32)22-6-7-22/h4-5,8-13,22,29H,6-7,14-17H2,1-3H3/t28-/m1/s1. The molecule has 1 saturated carbocycles. The first-order valence-electron chi connectivity index (χ1n) is 12.0. The van der Waals surface area contributed by atoms with Gasteiger partial charge in [-0.05, 0) is 62.9 Å². The van der Waals surface area contributed by atoms with Gasteiger partial charge in [0, 0.05) is 35.8 Å². The summed E-state index contributed by atoms with van der Waals surface area (Å²) in [5, 5.41) is 3.37. The Labute approximate surface area is 200 Å². The monoisotopic (exact) mass is 457 g/mol. The van der Waals surface area contributed by atoms with Crippen molar-refractivity contribution in [3.8, 4) is 28.3 Å². The minimum Gasteiger partial charge on any atom is -0.497 e. The molecule has 0 unspecified atom stereocenters. The number of ether oxygens (including phenoxy) is 1. The van der Waals surface area contributed by atoms with E-state index < -0.39 is 5.41 Å². The van der Waals surface area contributed by atoms with Gasteiger partial charge in [0.15, 0.2) is 0 Å². The number of benzene rings is 2. The number of methoxy groups -OCH3 is 1. The Morgan fingerprint density at radius 2 is 1.68 bits per heavy atom. The molecule has 1 aliphatic heterocycles. The van der Waals surface area contributed by atoms with Crippen molar-refractivity contribution < 1.29 is 9.53 Å². The van der Waals surface area contributed by atoms with Gasteiger partial charge in [0.2, 0.25) is 0 Å². The Morgan fingerprint density at radius 1 is 1.06 bits per heavy atom. The molecule has 2 fully saturated rings. The van der Waals surface area contributed by atoms with E-state index in [2.05, 4.69) is 5.32 Å². The summed E-state index contributed by atoms with van der Waals surface area (Å²) in [6.07, 6.45) is 2.71. The van der Waals surface area contributed by atoms with E-state index in [1.165, 1.54) is 0 Å². The Kier molecular flexibility index (Phi) is 5.86. The number of nitrogens with zero attached hydrogens (tertiary/aromatic N) is 2. The molecule has 5 rings (SSSR count). The number of ketones is 1. The van der Waals surface area contributed by atoms with Crippen LogP contribution in [0.25, 0.3) is 22.5 Å². The first-order valence-corrected chi connectivity index (χ1v) is 12.0. The van der Waals surface area contributed by atoms with Gasteiger partial charge in [-0.25, -0.2) is 4.98 Å². The molecule has 1 atom stereocenters. The molecule has 0 amide bonds. The molecule has 2 aromatic carbocycles. The summed E-state index contributed by atoms with van der Waals surface area (Å²) >= 11 is 0. The lowest BCUT2D eigenvalue weighted by Gasteiger charge is -2.29. The Balaban J connectivity index is 1.54. The van der Waals surface area contributed by atoms with Crippen LogP contribution in [0.4, 0.5) is 0 Å². The molecule has 1 aliphatic carbocycles. The van der Waals surface area contributed by atoms with Crippen molar-refractivity contribution in [3.63, 3.8) is 0 Å². The largest absolute Gasteiger partial charge is 0.497 e. The highest BCUT2D eigenvalue weighted by atomic mass is 16.5. The minimum absolute atomic E-state index is 0.0587. The summed E-state index contributed by atoms with van der Waals surface area (Å²) < 4.78 is 7.00. The maximum Gasteiger partial charge on any atom is 0.256 e. The molecule has 6 heteroatoms. The summed E-state index contributed by atoms with van der Waals surface area (Å²) in [5.41, 5.74) is 3.80. The van der Waals surface area contributed by atoms with Crippen LogP contribution < -0.4 is 15.6 Å². The smallest absolute Gasteiger partial charge is 0.256 e. The molecule has 1 N–H and O–H groups in total. The van der Waals surface area contributed by atoms with Crippen LogP contribution in [0.2, 0.25) is 0 Å². The van der Waals surface area contributed by atoms with Gasteiger partial charge in [0.05, 0.1) is 12.5 Å². The fourth-order valence-corrected chi connectivity index (χ4v) is 4.97. The van der Waals surface area contributed by atoms with Crippen LogP contribution in [0.1, 0.15) is 30.5 Å². The average molecular weight is 458 g/mol. The van der Waals surface area contributed by atoms with Gasteiger partial charge in [-0.2, -0.15) is 0 Å². The fourth-order valence-electron chi connectivity index (χ4n) is 4.97. The van der Waals surface area contributed by atoms with Crippen molar-refractivity contribution in [1.82, 2.24) is 14.9 Å². The Bertz CT molecular complexity index is 1270. The van der Waals surface area contributed by atoms with Crippen LogP contribution in [-0.4, -0.2) is 35.5 Å². The van der Waals surface area contributed by atoms with Crippen LogP contribution in [-0.2, 0) is 11.3 Å². The zero-order valence-corrected chi connectivity index (χ0v) is 20.1. The lowest BCUT2D eigenvalue weighted by atomic mass is 9.80. The number of hydrogen-bond acceptors (Lipinski definition) is 5. The van der Waals surface area contributed by atoms with Crippen molar-refractivity contribution in [1.29, 1.82) is 0 Å². The topological polar surface area (TPSA) is 73.2 Å². The first-order chi connectivity index (χ1) is 16.4. The molecule has 1 aromatic heterocycles. The highest BCUT2D eigenvalue weighted by molar-refractivity contribution is 5.89. The third-order valence-electron chi connectivity index (χ3n) is 7.38. The molecule has 2 aliphatic rings. The fraction of sp³-hybridized carbons (Fsp3) is 0.393. The molecule has 0 bridgehead atoms. The third-order valence-corrected chi connectivity index (χ3v) is 7.38. The molecule has 176 valence electrons. The number of carbonyl (C=O) groups is 1. The van der Waals surface area contributed by atoms with Crippen molar-refractivity contribution in [3.05, 3.63) is 70.1 Å². The minimum atomic E-state index is -0.536. The number of Topliss-reactive ketones (excluding diaryl/α,β-unsaturated/α-hetero) is 1. The van der Waals surface area contributed by atoms with Crippen molar-refractivity contribution in [2.45, 2.75) is 39.7 Å². The predicted octanol–water partition coefficient (Wildman–Crippen LogP) is 4.16. The van der Waals surface area contributed by atoms with Gasteiger partial charge in [-0.15, -0.1) is 0 Å². The zero-order valence-electron chi connectivity index (χ0n) is 20.1. The molecule has 2 heterocycles. The van der Waals surface area contributed by atoms with Crippen molar-refractivity contribution in [2.24, 2.45) is 11.3 Å². The normalized spacial score (nSPS) is 19.9. The molecule has 6 nitrogen and oxygen atoms in total. The molecule has 0 radical (unpaired) electrons. The molecule has 3 aromatic rings. The quantitative estimate of drug-likeness (QED) is 0.577. The second kappa shape index (κ2) is 8.84.